The largest absolute Gasteiger partial charge is 0.447 e. The number of hydrogen-bond acceptors (Lipinski definition) is 3. The first-order chi connectivity index (χ1) is 6.91. The molecule has 2 unspecified atom stereocenters. The summed E-state index contributed by atoms with van der Waals surface area (Å²) in [4.78, 5) is 24.7. The molecule has 0 saturated carbocycles. The number of hydrogen-bond donors (Lipinski definition) is 0. The fourth-order valence-corrected chi connectivity index (χ4v) is 2.00. The summed E-state index contributed by atoms with van der Waals surface area (Å²) >= 11 is 0. The van der Waals surface area contributed by atoms with Gasteiger partial charge in [0.2, 0.25) is 0 Å². The van der Waals surface area contributed by atoms with Crippen molar-refractivity contribution in [2.45, 2.75) is 58.7 Å². The molecule has 0 spiro atoms. The van der Waals surface area contributed by atoms with Crippen molar-refractivity contribution in [3.63, 3.8) is 0 Å². The maximum absolute atomic E-state index is 11.7. The van der Waals surface area contributed by atoms with Gasteiger partial charge in [-0.3, -0.25) is 4.79 Å². The molecule has 4 nitrogen and oxygen atoms in total. The number of ketones is 1. The lowest BCUT2D eigenvalue weighted by Crippen LogP contribution is -2.50. The summed E-state index contributed by atoms with van der Waals surface area (Å²) in [5.74, 6) is 0.226. The zero-order valence-electron chi connectivity index (χ0n) is 9.82. The molecule has 0 radical (unpaired) electrons. The van der Waals surface area contributed by atoms with Gasteiger partial charge in [-0.15, -0.1) is 0 Å². The molecule has 1 heterocycles. The molecule has 1 saturated heterocycles. The fraction of sp³-hybridized carbons (Fsp3) is 0.818. The Morgan fingerprint density at radius 2 is 1.80 bits per heavy atom. The van der Waals surface area contributed by atoms with Gasteiger partial charge in [-0.1, -0.05) is 0 Å². The number of piperidine rings is 1. The van der Waals surface area contributed by atoms with Crippen LogP contribution in [0.3, 0.4) is 0 Å². The van der Waals surface area contributed by atoms with Gasteiger partial charge >= 0.3 is 6.09 Å². The van der Waals surface area contributed by atoms with Crippen LogP contribution in [-0.2, 0) is 9.53 Å². The second kappa shape index (κ2) is 4.64. The van der Waals surface area contributed by atoms with Gasteiger partial charge in [-0.05, 0) is 27.7 Å². The van der Waals surface area contributed by atoms with Gasteiger partial charge in [-0.25, -0.2) is 4.79 Å². The van der Waals surface area contributed by atoms with Crippen LogP contribution in [0, 0.1) is 0 Å². The van der Waals surface area contributed by atoms with Gasteiger partial charge in [0.1, 0.15) is 5.78 Å². The van der Waals surface area contributed by atoms with E-state index in [0.29, 0.717) is 12.8 Å². The molecule has 1 aliphatic rings. The summed E-state index contributed by atoms with van der Waals surface area (Å²) in [6.45, 7) is 7.41. The molecule has 0 aromatic carbocycles. The molecule has 0 aromatic heterocycles. The highest BCUT2D eigenvalue weighted by atomic mass is 16.6. The van der Waals surface area contributed by atoms with Gasteiger partial charge in [-0.2, -0.15) is 0 Å². The lowest BCUT2D eigenvalue weighted by molar-refractivity contribution is -0.124. The number of nitrogens with zero attached hydrogens (tertiary/aromatic N) is 1. The smallest absolute Gasteiger partial charge is 0.410 e. The lowest BCUT2D eigenvalue weighted by Gasteiger charge is -2.37. The highest BCUT2D eigenvalue weighted by molar-refractivity contribution is 5.82. The molecule has 1 amide bonds. The number of ether oxygens (including phenoxy) is 1. The van der Waals surface area contributed by atoms with E-state index in [1.807, 2.05) is 27.7 Å². The average Bonchev–Trinajstić information content (AvgIpc) is 1.99. The third-order valence-corrected chi connectivity index (χ3v) is 2.54. The molecule has 1 aliphatic heterocycles. The Morgan fingerprint density at radius 1 is 1.33 bits per heavy atom. The highest BCUT2D eigenvalue weighted by Gasteiger charge is 2.34. The molecule has 4 heteroatoms. The number of carbonyl (C=O) groups is 2. The first-order valence-electron chi connectivity index (χ1n) is 5.42. The van der Waals surface area contributed by atoms with Crippen LogP contribution in [0.5, 0.6) is 0 Å². The second-order valence-corrected chi connectivity index (χ2v) is 4.48. The summed E-state index contributed by atoms with van der Waals surface area (Å²) in [6.07, 6.45) is 0.460. The van der Waals surface area contributed by atoms with Crippen molar-refractivity contribution in [3.05, 3.63) is 0 Å². The second-order valence-electron chi connectivity index (χ2n) is 4.48. The fourth-order valence-electron chi connectivity index (χ4n) is 2.00. The summed E-state index contributed by atoms with van der Waals surface area (Å²) < 4.78 is 5.14. The minimum atomic E-state index is -0.308. The van der Waals surface area contributed by atoms with Gasteiger partial charge in [0.05, 0.1) is 6.10 Å². The van der Waals surface area contributed by atoms with Crippen LogP contribution in [-0.4, -0.2) is 35.0 Å². The van der Waals surface area contributed by atoms with E-state index in [9.17, 15) is 9.59 Å². The first-order valence-corrected chi connectivity index (χ1v) is 5.42. The van der Waals surface area contributed by atoms with Crippen molar-refractivity contribution in [2.24, 2.45) is 0 Å². The predicted octanol–water partition coefficient (Wildman–Crippen LogP) is 1.97. The van der Waals surface area contributed by atoms with Gasteiger partial charge in [0.15, 0.2) is 0 Å². The van der Waals surface area contributed by atoms with E-state index in [4.69, 9.17) is 4.74 Å². The summed E-state index contributed by atoms with van der Waals surface area (Å²) in [6, 6.07) is -0.0972. The Hall–Kier alpha value is -1.06. The van der Waals surface area contributed by atoms with E-state index < -0.39 is 0 Å². The monoisotopic (exact) mass is 213 g/mol. The van der Waals surface area contributed by atoms with Gasteiger partial charge in [0, 0.05) is 24.9 Å². The normalized spacial score (nSPS) is 27.0. The van der Waals surface area contributed by atoms with E-state index >= 15 is 0 Å². The van der Waals surface area contributed by atoms with Crippen molar-refractivity contribution in [1.82, 2.24) is 4.90 Å². The molecule has 1 rings (SSSR count). The molecular weight excluding hydrogens is 194 g/mol. The van der Waals surface area contributed by atoms with Crippen molar-refractivity contribution >= 4 is 11.9 Å². The third kappa shape index (κ3) is 2.94. The number of carbonyl (C=O) groups excluding carboxylic acids is 2. The molecular formula is C11H19NO3. The molecule has 86 valence electrons. The first kappa shape index (κ1) is 12.0. The van der Waals surface area contributed by atoms with Crippen LogP contribution in [0.1, 0.15) is 40.5 Å². The molecule has 15 heavy (non-hydrogen) atoms. The van der Waals surface area contributed by atoms with E-state index in [1.165, 1.54) is 0 Å². The van der Waals surface area contributed by atoms with Crippen molar-refractivity contribution < 1.29 is 14.3 Å². The van der Waals surface area contributed by atoms with E-state index in [0.717, 1.165) is 0 Å². The number of likely N-dealkylation sites (tertiary alicyclic amines) is 1. The van der Waals surface area contributed by atoms with Crippen LogP contribution >= 0.6 is 0 Å². The standard InChI is InChI=1S/C11H19NO3/c1-7(2)15-11(14)12-8(3)5-10(13)6-9(12)4/h7-9H,5-6H2,1-4H3. The van der Waals surface area contributed by atoms with E-state index in [2.05, 4.69) is 0 Å². The quantitative estimate of drug-likeness (QED) is 0.669. The minimum Gasteiger partial charge on any atom is -0.447 e. The maximum atomic E-state index is 11.7. The highest BCUT2D eigenvalue weighted by Crippen LogP contribution is 2.21. The van der Waals surface area contributed by atoms with Crippen LogP contribution in [0.2, 0.25) is 0 Å². The third-order valence-electron chi connectivity index (χ3n) is 2.54. The SMILES string of the molecule is CC(C)OC(=O)N1C(C)CC(=O)CC1C. The summed E-state index contributed by atoms with van der Waals surface area (Å²) in [5.41, 5.74) is 0. The Kier molecular flexibility index (Phi) is 3.72. The van der Waals surface area contributed by atoms with Crippen molar-refractivity contribution in [3.8, 4) is 0 Å². The predicted molar refractivity (Wildman–Crippen MR) is 56.6 cm³/mol. The maximum Gasteiger partial charge on any atom is 0.410 e. The van der Waals surface area contributed by atoms with Crippen LogP contribution in [0.15, 0.2) is 0 Å². The number of Topliss-reactive ketones (excluding diaryl/α,β-unsaturated/α-hetero) is 1. The summed E-state index contributed by atoms with van der Waals surface area (Å²) in [5, 5.41) is 0. The van der Waals surface area contributed by atoms with Crippen molar-refractivity contribution in [2.75, 3.05) is 0 Å². The Balaban J connectivity index is 2.66. The Bertz CT molecular complexity index is 249. The lowest BCUT2D eigenvalue weighted by atomic mass is 9.97. The minimum absolute atomic E-state index is 0.0486. The van der Waals surface area contributed by atoms with E-state index in [1.54, 1.807) is 4.90 Å². The van der Waals surface area contributed by atoms with Crippen LogP contribution in [0.4, 0.5) is 4.79 Å². The van der Waals surface area contributed by atoms with Crippen molar-refractivity contribution in [1.29, 1.82) is 0 Å². The molecule has 0 bridgehead atoms. The zero-order chi connectivity index (χ0) is 11.6. The van der Waals surface area contributed by atoms with Gasteiger partial charge in [0.25, 0.3) is 0 Å². The molecule has 1 fully saturated rings. The van der Waals surface area contributed by atoms with Crippen LogP contribution < -0.4 is 0 Å². The summed E-state index contributed by atoms with van der Waals surface area (Å²) in [7, 11) is 0. The Labute approximate surface area is 90.6 Å². The zero-order valence-corrected chi connectivity index (χ0v) is 9.82. The molecule has 0 aromatic rings. The molecule has 0 N–H and O–H groups in total. The van der Waals surface area contributed by atoms with E-state index in [-0.39, 0.29) is 30.1 Å². The van der Waals surface area contributed by atoms with Gasteiger partial charge < -0.3 is 9.64 Å². The topological polar surface area (TPSA) is 46.6 Å². The van der Waals surface area contributed by atoms with Crippen LogP contribution in [0.25, 0.3) is 0 Å². The molecule has 0 aliphatic carbocycles. The Morgan fingerprint density at radius 3 is 2.20 bits per heavy atom. The number of rotatable bonds is 1. The average molecular weight is 213 g/mol. The molecule has 2 atom stereocenters. The number of amides is 1.